The molecule has 27 heavy (non-hydrogen) atoms. The molecule has 134 valence electrons. The molecule has 0 saturated carbocycles. The lowest BCUT2D eigenvalue weighted by Gasteiger charge is -2.06. The summed E-state index contributed by atoms with van der Waals surface area (Å²) in [5.41, 5.74) is 3.16. The first kappa shape index (κ1) is 17.1. The van der Waals surface area contributed by atoms with Gasteiger partial charge in [-0.05, 0) is 54.6 Å². The fourth-order valence-corrected chi connectivity index (χ4v) is 2.93. The standard InChI is InChI=1S/C21H15ClN2O3/c1-26-15-9-6-13(7-10-15)21-24-18-12-14(8-11-19(18)27-21)23-20(25)16-4-2-3-5-17(16)22/h2-12H,1H3,(H,23,25). The van der Waals surface area contributed by atoms with Crippen LogP contribution in [0.2, 0.25) is 5.02 Å². The van der Waals surface area contributed by atoms with E-state index in [1.165, 1.54) is 0 Å². The van der Waals surface area contributed by atoms with Crippen molar-refractivity contribution < 1.29 is 13.9 Å². The first-order valence-corrected chi connectivity index (χ1v) is 8.63. The number of carbonyl (C=O) groups is 1. The van der Waals surface area contributed by atoms with Gasteiger partial charge in [0.25, 0.3) is 5.91 Å². The van der Waals surface area contributed by atoms with E-state index in [0.717, 1.165) is 11.3 Å². The van der Waals surface area contributed by atoms with Gasteiger partial charge in [-0.25, -0.2) is 4.98 Å². The Kier molecular flexibility index (Phi) is 4.52. The van der Waals surface area contributed by atoms with Crippen molar-refractivity contribution in [2.75, 3.05) is 12.4 Å². The van der Waals surface area contributed by atoms with Gasteiger partial charge >= 0.3 is 0 Å². The van der Waals surface area contributed by atoms with E-state index in [2.05, 4.69) is 10.3 Å². The first-order valence-electron chi connectivity index (χ1n) is 8.25. The van der Waals surface area contributed by atoms with E-state index in [1.54, 1.807) is 49.6 Å². The summed E-state index contributed by atoms with van der Waals surface area (Å²) >= 11 is 6.08. The van der Waals surface area contributed by atoms with E-state index < -0.39 is 0 Å². The van der Waals surface area contributed by atoms with Gasteiger partial charge in [0.05, 0.1) is 17.7 Å². The van der Waals surface area contributed by atoms with E-state index in [9.17, 15) is 4.79 Å². The van der Waals surface area contributed by atoms with Crippen molar-refractivity contribution in [1.29, 1.82) is 0 Å². The van der Waals surface area contributed by atoms with E-state index in [4.69, 9.17) is 20.8 Å². The summed E-state index contributed by atoms with van der Waals surface area (Å²) in [4.78, 5) is 16.9. The number of aromatic nitrogens is 1. The summed E-state index contributed by atoms with van der Waals surface area (Å²) in [6, 6.07) is 19.7. The highest BCUT2D eigenvalue weighted by Crippen LogP contribution is 2.28. The predicted molar refractivity (Wildman–Crippen MR) is 105 cm³/mol. The van der Waals surface area contributed by atoms with Crippen molar-refractivity contribution in [2.45, 2.75) is 0 Å². The Morgan fingerprint density at radius 3 is 2.59 bits per heavy atom. The zero-order chi connectivity index (χ0) is 18.8. The maximum atomic E-state index is 12.4. The summed E-state index contributed by atoms with van der Waals surface area (Å²) in [6.45, 7) is 0. The SMILES string of the molecule is COc1ccc(-c2nc3cc(NC(=O)c4ccccc4Cl)ccc3o2)cc1. The largest absolute Gasteiger partial charge is 0.497 e. The predicted octanol–water partition coefficient (Wildman–Crippen LogP) is 5.41. The third-order valence-corrected chi connectivity index (χ3v) is 4.43. The van der Waals surface area contributed by atoms with E-state index in [1.807, 2.05) is 24.3 Å². The Balaban J connectivity index is 1.60. The molecule has 0 aliphatic rings. The molecule has 0 aliphatic heterocycles. The van der Waals surface area contributed by atoms with Crippen molar-refractivity contribution in [2.24, 2.45) is 0 Å². The average Bonchev–Trinajstić information content (AvgIpc) is 3.11. The lowest BCUT2D eigenvalue weighted by atomic mass is 10.2. The highest BCUT2D eigenvalue weighted by Gasteiger charge is 2.12. The summed E-state index contributed by atoms with van der Waals surface area (Å²) in [5, 5.41) is 3.24. The molecule has 6 heteroatoms. The summed E-state index contributed by atoms with van der Waals surface area (Å²) < 4.78 is 11.0. The Morgan fingerprint density at radius 2 is 1.85 bits per heavy atom. The maximum absolute atomic E-state index is 12.4. The lowest BCUT2D eigenvalue weighted by Crippen LogP contribution is -2.12. The van der Waals surface area contributed by atoms with Gasteiger partial charge in [0.15, 0.2) is 5.58 Å². The molecule has 1 aromatic heterocycles. The molecule has 3 aromatic carbocycles. The van der Waals surface area contributed by atoms with Gasteiger partial charge in [-0.3, -0.25) is 4.79 Å². The zero-order valence-corrected chi connectivity index (χ0v) is 15.2. The fraction of sp³-hybridized carbons (Fsp3) is 0.0476. The number of nitrogens with zero attached hydrogens (tertiary/aromatic N) is 1. The van der Waals surface area contributed by atoms with Crippen molar-refractivity contribution in [3.63, 3.8) is 0 Å². The summed E-state index contributed by atoms with van der Waals surface area (Å²) in [6.07, 6.45) is 0. The number of hydrogen-bond donors (Lipinski definition) is 1. The minimum absolute atomic E-state index is 0.279. The Hall–Kier alpha value is -3.31. The first-order chi connectivity index (χ1) is 13.1. The van der Waals surface area contributed by atoms with Crippen LogP contribution in [0.25, 0.3) is 22.6 Å². The number of fused-ring (bicyclic) bond motifs is 1. The molecular weight excluding hydrogens is 364 g/mol. The Bertz CT molecular complexity index is 1120. The molecule has 4 aromatic rings. The van der Waals surface area contributed by atoms with Crippen LogP contribution in [0.4, 0.5) is 5.69 Å². The van der Waals surface area contributed by atoms with Crippen molar-refractivity contribution in [1.82, 2.24) is 4.98 Å². The number of ether oxygens (including phenoxy) is 1. The van der Waals surface area contributed by atoms with E-state index in [-0.39, 0.29) is 5.91 Å². The molecule has 0 spiro atoms. The monoisotopic (exact) mass is 378 g/mol. The highest BCUT2D eigenvalue weighted by molar-refractivity contribution is 6.34. The van der Waals surface area contributed by atoms with Gasteiger partial charge in [0.2, 0.25) is 5.89 Å². The molecule has 0 unspecified atom stereocenters. The molecule has 1 amide bonds. The van der Waals surface area contributed by atoms with Crippen LogP contribution in [0.15, 0.2) is 71.1 Å². The van der Waals surface area contributed by atoms with Gasteiger partial charge in [0, 0.05) is 11.3 Å². The van der Waals surface area contributed by atoms with Crippen LogP contribution < -0.4 is 10.1 Å². The number of hydrogen-bond acceptors (Lipinski definition) is 4. The molecule has 1 heterocycles. The van der Waals surface area contributed by atoms with E-state index >= 15 is 0 Å². The molecule has 0 fully saturated rings. The second kappa shape index (κ2) is 7.13. The lowest BCUT2D eigenvalue weighted by molar-refractivity contribution is 0.102. The Labute approximate surface area is 160 Å². The van der Waals surface area contributed by atoms with Crippen molar-refractivity contribution >= 4 is 34.3 Å². The fourth-order valence-electron chi connectivity index (χ4n) is 2.71. The molecule has 0 radical (unpaired) electrons. The highest BCUT2D eigenvalue weighted by atomic mass is 35.5. The number of benzene rings is 3. The van der Waals surface area contributed by atoms with Crippen LogP contribution in [0.3, 0.4) is 0 Å². The second-order valence-electron chi connectivity index (χ2n) is 5.86. The molecule has 0 saturated heterocycles. The van der Waals surface area contributed by atoms with Crippen LogP contribution in [-0.2, 0) is 0 Å². The summed E-state index contributed by atoms with van der Waals surface area (Å²) in [7, 11) is 1.62. The van der Waals surface area contributed by atoms with Gasteiger partial charge in [-0.2, -0.15) is 0 Å². The third-order valence-electron chi connectivity index (χ3n) is 4.10. The molecule has 5 nitrogen and oxygen atoms in total. The minimum atomic E-state index is -0.279. The number of oxazole rings is 1. The number of methoxy groups -OCH3 is 1. The molecule has 0 atom stereocenters. The number of nitrogens with one attached hydrogen (secondary N) is 1. The molecule has 0 bridgehead atoms. The van der Waals surface area contributed by atoms with Gasteiger partial charge in [-0.1, -0.05) is 23.7 Å². The van der Waals surface area contributed by atoms with Gasteiger partial charge in [-0.15, -0.1) is 0 Å². The van der Waals surface area contributed by atoms with Gasteiger partial charge in [0.1, 0.15) is 11.3 Å². The number of amides is 1. The van der Waals surface area contributed by atoms with Crippen molar-refractivity contribution in [3.8, 4) is 17.2 Å². The normalized spacial score (nSPS) is 10.7. The number of rotatable bonds is 4. The smallest absolute Gasteiger partial charge is 0.257 e. The van der Waals surface area contributed by atoms with Crippen LogP contribution in [-0.4, -0.2) is 18.0 Å². The van der Waals surface area contributed by atoms with Crippen molar-refractivity contribution in [3.05, 3.63) is 77.3 Å². The molecular formula is C21H15ClN2O3. The van der Waals surface area contributed by atoms with Crippen LogP contribution >= 0.6 is 11.6 Å². The third kappa shape index (κ3) is 3.50. The topological polar surface area (TPSA) is 64.4 Å². The molecule has 0 aliphatic carbocycles. The van der Waals surface area contributed by atoms with Crippen LogP contribution in [0, 0.1) is 0 Å². The number of anilines is 1. The number of halogens is 1. The number of carbonyl (C=O) groups excluding carboxylic acids is 1. The Morgan fingerprint density at radius 1 is 1.07 bits per heavy atom. The quantitative estimate of drug-likeness (QED) is 0.515. The van der Waals surface area contributed by atoms with Crippen LogP contribution in [0.1, 0.15) is 10.4 Å². The molecule has 1 N–H and O–H groups in total. The molecule has 4 rings (SSSR count). The van der Waals surface area contributed by atoms with Crippen LogP contribution in [0.5, 0.6) is 5.75 Å². The zero-order valence-electron chi connectivity index (χ0n) is 14.4. The summed E-state index contributed by atoms with van der Waals surface area (Å²) in [5.74, 6) is 0.987. The maximum Gasteiger partial charge on any atom is 0.257 e. The minimum Gasteiger partial charge on any atom is -0.497 e. The van der Waals surface area contributed by atoms with E-state index in [0.29, 0.717) is 33.3 Å². The second-order valence-corrected chi connectivity index (χ2v) is 6.27. The van der Waals surface area contributed by atoms with Gasteiger partial charge < -0.3 is 14.5 Å². The average molecular weight is 379 g/mol.